The van der Waals surface area contributed by atoms with Gasteiger partial charge < -0.3 is 19.1 Å². The number of ether oxygens (including phenoxy) is 3. The molecule has 11 nitrogen and oxygen atoms in total. The third-order valence-corrected chi connectivity index (χ3v) is 11.3. The Morgan fingerprint density at radius 3 is 1.51 bits per heavy atom. The van der Waals surface area contributed by atoms with Crippen LogP contribution in [-0.2, 0) is 42.5 Å². The number of amides is 1. The molecule has 0 aromatic heterocycles. The molecule has 12 heteroatoms. The minimum Gasteiger partial charge on any atom is -0.464 e. The van der Waals surface area contributed by atoms with E-state index in [1.54, 1.807) is 0 Å². The third-order valence-electron chi connectivity index (χ3n) is 9.83. The van der Waals surface area contributed by atoms with Crippen LogP contribution < -0.4 is 0 Å². The number of esters is 3. The van der Waals surface area contributed by atoms with E-state index in [9.17, 15) is 28.6 Å². The molecule has 1 aliphatic rings. The Morgan fingerprint density at radius 2 is 1.06 bits per heavy atom. The van der Waals surface area contributed by atoms with Crippen LogP contribution in [0.15, 0.2) is 0 Å². The fourth-order valence-corrected chi connectivity index (χ4v) is 7.71. The smallest absolute Gasteiger partial charge is 0.435 e. The zero-order chi connectivity index (χ0) is 38.8. The largest absolute Gasteiger partial charge is 0.464 e. The van der Waals surface area contributed by atoms with Gasteiger partial charge in [0.2, 0.25) is 5.91 Å². The molecule has 1 N–H and O–H groups in total. The SMILES string of the molecule is CCCCCCCCCCCCCCCC(=O)OC[C@H](COP(=O)(O)N1CCOC(=O)CCC1=O)OC(=O)CCCCCCCCCCCCCCC. The Bertz CT molecular complexity index is 1010. The van der Waals surface area contributed by atoms with Gasteiger partial charge in [-0.1, -0.05) is 168 Å². The standard InChI is InChI=1S/C41H76NO10P/c1-3-5-7-9-11-13-15-17-19-21-23-25-27-29-39(44)50-35-37(36-51-53(47,48)42-33-34-49-40(45)32-31-38(42)43)52-41(46)30-28-26-24-22-20-18-16-14-12-10-8-6-4-2/h37H,3-36H2,1-2H3,(H,47,48)/t37-/m1/s1. The molecule has 310 valence electrons. The minimum atomic E-state index is -4.67. The summed E-state index contributed by atoms with van der Waals surface area (Å²) in [4.78, 5) is 59.9. The number of hydrogen-bond donors (Lipinski definition) is 1. The Labute approximate surface area is 322 Å². The summed E-state index contributed by atoms with van der Waals surface area (Å²) in [5, 5.41) is 0. The molecule has 0 aliphatic carbocycles. The van der Waals surface area contributed by atoms with Crippen LogP contribution in [0.4, 0.5) is 0 Å². The summed E-state index contributed by atoms with van der Waals surface area (Å²) in [5.74, 6) is -2.20. The third kappa shape index (κ3) is 28.2. The number of hydrogen-bond acceptors (Lipinski definition) is 9. The molecule has 2 atom stereocenters. The van der Waals surface area contributed by atoms with E-state index in [2.05, 4.69) is 13.8 Å². The second-order valence-corrected chi connectivity index (χ2v) is 16.5. The lowest BCUT2D eigenvalue weighted by molar-refractivity contribution is -0.161. The first-order valence-corrected chi connectivity index (χ1v) is 23.0. The average molecular weight is 774 g/mol. The molecule has 0 aromatic carbocycles. The van der Waals surface area contributed by atoms with Gasteiger partial charge in [0.15, 0.2) is 6.10 Å². The van der Waals surface area contributed by atoms with Crippen LogP contribution in [0.25, 0.3) is 0 Å². The van der Waals surface area contributed by atoms with Gasteiger partial charge in [-0.25, -0.2) is 9.24 Å². The van der Waals surface area contributed by atoms with E-state index in [1.165, 1.54) is 116 Å². The van der Waals surface area contributed by atoms with Gasteiger partial charge in [-0.05, 0) is 12.8 Å². The van der Waals surface area contributed by atoms with E-state index in [-0.39, 0.29) is 45.4 Å². The first-order valence-electron chi connectivity index (χ1n) is 21.5. The summed E-state index contributed by atoms with van der Waals surface area (Å²) in [5.41, 5.74) is 0. The molecular formula is C41H76NO10P. The highest BCUT2D eigenvalue weighted by molar-refractivity contribution is 7.51. The monoisotopic (exact) mass is 774 g/mol. The lowest BCUT2D eigenvalue weighted by Gasteiger charge is -2.29. The number of unbranched alkanes of at least 4 members (excludes halogenated alkanes) is 24. The lowest BCUT2D eigenvalue weighted by Crippen LogP contribution is -2.36. The highest BCUT2D eigenvalue weighted by Crippen LogP contribution is 2.47. The highest BCUT2D eigenvalue weighted by atomic mass is 31.2. The van der Waals surface area contributed by atoms with Crippen LogP contribution in [0.2, 0.25) is 0 Å². The van der Waals surface area contributed by atoms with E-state index < -0.39 is 44.3 Å². The average Bonchev–Trinajstić information content (AvgIpc) is 3.13. The van der Waals surface area contributed by atoms with Gasteiger partial charge in [0.25, 0.3) is 0 Å². The second-order valence-electron chi connectivity index (χ2n) is 14.8. The van der Waals surface area contributed by atoms with Crippen LogP contribution in [0.1, 0.15) is 206 Å². The van der Waals surface area contributed by atoms with E-state index in [4.69, 9.17) is 18.7 Å². The van der Waals surface area contributed by atoms with Crippen molar-refractivity contribution in [1.29, 1.82) is 0 Å². The predicted octanol–water partition coefficient (Wildman–Crippen LogP) is 10.7. The Hall–Kier alpha value is -1.97. The maximum absolute atomic E-state index is 13.1. The molecule has 53 heavy (non-hydrogen) atoms. The number of nitrogens with zero attached hydrogens (tertiary/aromatic N) is 1. The highest BCUT2D eigenvalue weighted by Gasteiger charge is 2.36. The Morgan fingerprint density at radius 1 is 0.642 bits per heavy atom. The van der Waals surface area contributed by atoms with Gasteiger partial charge >= 0.3 is 25.7 Å². The molecule has 1 heterocycles. The van der Waals surface area contributed by atoms with Gasteiger partial charge in [0.05, 0.1) is 19.6 Å². The summed E-state index contributed by atoms with van der Waals surface area (Å²) >= 11 is 0. The Balaban J connectivity index is 2.43. The summed E-state index contributed by atoms with van der Waals surface area (Å²) in [6.07, 6.45) is 29.8. The zero-order valence-electron chi connectivity index (χ0n) is 33.6. The summed E-state index contributed by atoms with van der Waals surface area (Å²) in [7, 11) is -4.67. The van der Waals surface area contributed by atoms with Crippen LogP contribution in [0.5, 0.6) is 0 Å². The summed E-state index contributed by atoms with van der Waals surface area (Å²) in [6, 6.07) is 0. The molecule has 0 spiro atoms. The molecule has 0 bridgehead atoms. The van der Waals surface area contributed by atoms with E-state index in [0.29, 0.717) is 17.5 Å². The van der Waals surface area contributed by atoms with Crippen LogP contribution in [-0.4, -0.2) is 65.8 Å². The lowest BCUT2D eigenvalue weighted by atomic mass is 10.0. The van der Waals surface area contributed by atoms with Crippen molar-refractivity contribution in [2.75, 3.05) is 26.4 Å². The van der Waals surface area contributed by atoms with Gasteiger partial charge in [-0.3, -0.25) is 23.7 Å². The molecule has 1 unspecified atom stereocenters. The second kappa shape index (κ2) is 33.4. The molecule has 0 radical (unpaired) electrons. The molecule has 1 fully saturated rings. The van der Waals surface area contributed by atoms with E-state index in [0.717, 1.165) is 38.5 Å². The quantitative estimate of drug-likeness (QED) is 0.0286. The number of cyclic esters (lactones) is 1. The van der Waals surface area contributed by atoms with Crippen molar-refractivity contribution < 1.29 is 47.4 Å². The molecule has 1 amide bonds. The number of rotatable bonds is 35. The normalized spacial score (nSPS) is 15.3. The van der Waals surface area contributed by atoms with Crippen molar-refractivity contribution in [3.05, 3.63) is 0 Å². The van der Waals surface area contributed by atoms with Crippen molar-refractivity contribution in [2.24, 2.45) is 0 Å². The van der Waals surface area contributed by atoms with Crippen molar-refractivity contribution in [1.82, 2.24) is 4.67 Å². The Kier molecular flexibility index (Phi) is 30.9. The number of carbonyl (C=O) groups excluding carboxylic acids is 4. The first-order chi connectivity index (χ1) is 25.7. The topological polar surface area (TPSA) is 146 Å². The molecule has 1 rings (SSSR count). The van der Waals surface area contributed by atoms with Crippen molar-refractivity contribution in [3.8, 4) is 0 Å². The van der Waals surface area contributed by atoms with E-state index >= 15 is 0 Å². The summed E-state index contributed by atoms with van der Waals surface area (Å²) < 4.78 is 34.9. The van der Waals surface area contributed by atoms with Gasteiger partial charge in [0, 0.05) is 19.3 Å². The molecule has 1 aliphatic heterocycles. The van der Waals surface area contributed by atoms with Gasteiger partial charge in [-0.2, -0.15) is 0 Å². The van der Waals surface area contributed by atoms with Crippen molar-refractivity contribution >= 4 is 31.6 Å². The molecule has 1 saturated heterocycles. The first kappa shape index (κ1) is 49.0. The zero-order valence-corrected chi connectivity index (χ0v) is 34.5. The molecular weight excluding hydrogens is 697 g/mol. The van der Waals surface area contributed by atoms with Crippen molar-refractivity contribution in [3.63, 3.8) is 0 Å². The minimum absolute atomic E-state index is 0.175. The van der Waals surface area contributed by atoms with Crippen LogP contribution in [0.3, 0.4) is 0 Å². The molecule has 0 saturated carbocycles. The fraction of sp³-hybridized carbons (Fsp3) is 0.902. The van der Waals surface area contributed by atoms with Gasteiger partial charge in [0.1, 0.15) is 13.2 Å². The van der Waals surface area contributed by atoms with Gasteiger partial charge in [-0.15, -0.1) is 0 Å². The van der Waals surface area contributed by atoms with Crippen LogP contribution >= 0.6 is 7.75 Å². The van der Waals surface area contributed by atoms with Crippen molar-refractivity contribution in [2.45, 2.75) is 213 Å². The maximum atomic E-state index is 13.1. The van der Waals surface area contributed by atoms with E-state index in [1.807, 2.05) is 0 Å². The maximum Gasteiger partial charge on any atom is 0.435 e. The van der Waals surface area contributed by atoms with Crippen LogP contribution in [0, 0.1) is 0 Å². The fourth-order valence-electron chi connectivity index (χ4n) is 6.49. The number of carbonyl (C=O) groups is 4. The molecule has 0 aromatic rings. The summed E-state index contributed by atoms with van der Waals surface area (Å²) in [6.45, 7) is 3.05. The predicted molar refractivity (Wildman–Crippen MR) is 209 cm³/mol.